The van der Waals surface area contributed by atoms with Crippen molar-refractivity contribution in [3.8, 4) is 34.5 Å². The van der Waals surface area contributed by atoms with Gasteiger partial charge in [0.25, 0.3) is 0 Å². The first-order valence-corrected chi connectivity index (χ1v) is 17.7. The van der Waals surface area contributed by atoms with E-state index in [1.54, 1.807) is 0 Å². The summed E-state index contributed by atoms with van der Waals surface area (Å²) in [7, 11) is 0. The van der Waals surface area contributed by atoms with Crippen LogP contribution in [0.25, 0.3) is 21.5 Å². The Kier molecular flexibility index (Phi) is 11.8. The Bertz CT molecular complexity index is 1700. The van der Waals surface area contributed by atoms with Crippen molar-refractivity contribution < 1.29 is 28.4 Å². The van der Waals surface area contributed by atoms with Crippen molar-refractivity contribution in [2.24, 2.45) is 0 Å². The average Bonchev–Trinajstić information content (AvgIpc) is 3.05. The van der Waals surface area contributed by atoms with Gasteiger partial charge in [-0.05, 0) is 51.7 Å². The molecule has 248 valence electrons. The monoisotopic (exact) mass is 628 g/mol. The first kappa shape index (κ1) is 33.6. The van der Waals surface area contributed by atoms with E-state index in [1.807, 2.05) is 26.0 Å². The van der Waals surface area contributed by atoms with Gasteiger partial charge in [0.05, 0.1) is 50.4 Å². The molecule has 0 N–H and O–H groups in total. The van der Waals surface area contributed by atoms with Crippen molar-refractivity contribution >= 4 is 21.5 Å². The third kappa shape index (κ3) is 6.41. The van der Waals surface area contributed by atoms with Crippen molar-refractivity contribution in [1.29, 1.82) is 0 Å². The van der Waals surface area contributed by atoms with Gasteiger partial charge in [0.1, 0.15) is 34.5 Å². The third-order valence-electron chi connectivity index (χ3n) is 8.48. The molecule has 46 heavy (non-hydrogen) atoms. The van der Waals surface area contributed by atoms with E-state index >= 15 is 0 Å². The number of rotatable bonds is 20. The number of benzene rings is 4. The molecular weight excluding hydrogens is 576 g/mol. The van der Waals surface area contributed by atoms with Gasteiger partial charge in [-0.25, -0.2) is 0 Å². The van der Waals surface area contributed by atoms with Crippen LogP contribution in [-0.2, 0) is 0 Å². The normalized spacial score (nSPS) is 11.6. The predicted octanol–water partition coefficient (Wildman–Crippen LogP) is 10.4. The average molecular weight is 629 g/mol. The van der Waals surface area contributed by atoms with E-state index in [1.165, 1.54) is 0 Å². The van der Waals surface area contributed by atoms with E-state index in [-0.39, 0.29) is 0 Å². The highest BCUT2D eigenvalue weighted by atomic mass is 16.5. The molecule has 1 aliphatic rings. The lowest BCUT2D eigenvalue weighted by molar-refractivity contribution is 0.292. The van der Waals surface area contributed by atoms with E-state index < -0.39 is 0 Å². The molecule has 0 fully saturated rings. The summed E-state index contributed by atoms with van der Waals surface area (Å²) in [4.78, 5) is 0. The molecule has 0 heterocycles. The van der Waals surface area contributed by atoms with E-state index in [2.05, 4.69) is 52.0 Å². The second kappa shape index (κ2) is 16.2. The SMILES string of the molecule is CCCCOc1c2c(c(OCCCC)c3c(OCC)cccc13)=c1c(OCCCC)c3c(OCC)cccc3c(OCCCC)c1=2. The highest BCUT2D eigenvalue weighted by molar-refractivity contribution is 6.02. The maximum atomic E-state index is 6.79. The molecule has 0 atom stereocenters. The molecule has 6 nitrogen and oxygen atoms in total. The van der Waals surface area contributed by atoms with Gasteiger partial charge in [0.2, 0.25) is 0 Å². The Hall–Kier alpha value is -3.80. The lowest BCUT2D eigenvalue weighted by atomic mass is 9.90. The fourth-order valence-electron chi connectivity index (χ4n) is 6.19. The fraction of sp³-hybridized carbons (Fsp3) is 0.500. The van der Waals surface area contributed by atoms with Gasteiger partial charge in [0.15, 0.2) is 0 Å². The van der Waals surface area contributed by atoms with Crippen molar-refractivity contribution in [2.75, 3.05) is 39.6 Å². The minimum Gasteiger partial charge on any atom is -0.493 e. The molecule has 4 aromatic carbocycles. The van der Waals surface area contributed by atoms with E-state index in [4.69, 9.17) is 28.4 Å². The second-order valence-electron chi connectivity index (χ2n) is 11.8. The van der Waals surface area contributed by atoms with Crippen LogP contribution in [0.1, 0.15) is 92.9 Å². The van der Waals surface area contributed by atoms with E-state index in [0.717, 1.165) is 128 Å². The first-order chi connectivity index (χ1) is 22.7. The molecule has 0 unspecified atom stereocenters. The Morgan fingerprint density at radius 1 is 0.391 bits per heavy atom. The Morgan fingerprint density at radius 3 is 1.04 bits per heavy atom. The van der Waals surface area contributed by atoms with Crippen LogP contribution >= 0.6 is 0 Å². The molecule has 0 bridgehead atoms. The number of hydrogen-bond donors (Lipinski definition) is 0. The smallest absolute Gasteiger partial charge is 0.139 e. The minimum absolute atomic E-state index is 0.552. The van der Waals surface area contributed by atoms with E-state index in [9.17, 15) is 0 Å². The Labute approximate surface area is 273 Å². The molecule has 0 saturated heterocycles. The van der Waals surface area contributed by atoms with Crippen LogP contribution in [-0.4, -0.2) is 39.6 Å². The van der Waals surface area contributed by atoms with Crippen LogP contribution in [0.4, 0.5) is 0 Å². The van der Waals surface area contributed by atoms with Crippen molar-refractivity contribution in [3.63, 3.8) is 0 Å². The van der Waals surface area contributed by atoms with Gasteiger partial charge in [-0.2, -0.15) is 0 Å². The molecule has 6 heteroatoms. The van der Waals surface area contributed by atoms with Gasteiger partial charge in [-0.15, -0.1) is 0 Å². The highest BCUT2D eigenvalue weighted by Crippen LogP contribution is 2.50. The van der Waals surface area contributed by atoms with Crippen molar-refractivity contribution in [2.45, 2.75) is 92.9 Å². The number of fused-ring (bicyclic) bond motifs is 4. The second-order valence-corrected chi connectivity index (χ2v) is 11.8. The Morgan fingerprint density at radius 2 is 0.717 bits per heavy atom. The van der Waals surface area contributed by atoms with Crippen LogP contribution in [0.5, 0.6) is 34.5 Å². The van der Waals surface area contributed by atoms with Gasteiger partial charge in [-0.1, -0.05) is 77.6 Å². The lowest BCUT2D eigenvalue weighted by Crippen LogP contribution is -2.11. The molecule has 0 radical (unpaired) electrons. The lowest BCUT2D eigenvalue weighted by Gasteiger charge is -2.25. The van der Waals surface area contributed by atoms with Crippen LogP contribution in [0, 0.1) is 20.9 Å². The molecular formula is C40H52O6. The number of ether oxygens (including phenoxy) is 6. The van der Waals surface area contributed by atoms with Crippen LogP contribution < -0.4 is 28.4 Å². The standard InChI is InChI=1S/C40H52O6/c1-7-13-23-43-37-27-19-17-21-29(41-11-5)31(27)39(45-25-15-9-3)35-33(37)34-36(35)40(46-26-16-10-4)32-28(38(34)44-24-14-8-2)20-18-22-30(32)42-12-6/h17-22H,7-16,23-26H2,1-6H3. The first-order valence-electron chi connectivity index (χ1n) is 17.7. The quantitative estimate of drug-likeness (QED) is 0.0800. The molecule has 4 aromatic rings. The highest BCUT2D eigenvalue weighted by Gasteiger charge is 2.29. The zero-order valence-corrected chi connectivity index (χ0v) is 28.8. The van der Waals surface area contributed by atoms with Crippen LogP contribution in [0.2, 0.25) is 0 Å². The molecule has 0 saturated carbocycles. The molecule has 0 spiro atoms. The predicted molar refractivity (Wildman–Crippen MR) is 187 cm³/mol. The molecule has 0 aromatic heterocycles. The largest absolute Gasteiger partial charge is 0.493 e. The summed E-state index contributed by atoms with van der Waals surface area (Å²) in [5.41, 5.74) is 0. The maximum Gasteiger partial charge on any atom is 0.139 e. The van der Waals surface area contributed by atoms with Crippen molar-refractivity contribution in [3.05, 3.63) is 57.3 Å². The third-order valence-corrected chi connectivity index (χ3v) is 8.48. The maximum absolute atomic E-state index is 6.79. The molecule has 1 aliphatic carbocycles. The fourth-order valence-corrected chi connectivity index (χ4v) is 6.19. The summed E-state index contributed by atoms with van der Waals surface area (Å²) in [5, 5.41) is 7.98. The van der Waals surface area contributed by atoms with Gasteiger partial charge >= 0.3 is 0 Å². The summed E-state index contributed by atoms with van der Waals surface area (Å²) in [6.07, 6.45) is 7.99. The zero-order valence-electron chi connectivity index (χ0n) is 28.8. The summed E-state index contributed by atoms with van der Waals surface area (Å²) in [5.74, 6) is 4.96. The Balaban J connectivity index is 2.03. The van der Waals surface area contributed by atoms with Crippen molar-refractivity contribution in [1.82, 2.24) is 0 Å². The van der Waals surface area contributed by atoms with E-state index in [0.29, 0.717) is 39.6 Å². The number of unbranched alkanes of at least 4 members (excludes halogenated alkanes) is 4. The summed E-state index contributed by atoms with van der Waals surface area (Å²) in [6.45, 7) is 16.3. The van der Waals surface area contributed by atoms with Gasteiger partial charge in [0, 0.05) is 31.6 Å². The summed E-state index contributed by atoms with van der Waals surface area (Å²) >= 11 is 0. The van der Waals surface area contributed by atoms with Crippen LogP contribution in [0.3, 0.4) is 0 Å². The molecule has 0 amide bonds. The van der Waals surface area contributed by atoms with Gasteiger partial charge in [-0.3, -0.25) is 0 Å². The summed E-state index contributed by atoms with van der Waals surface area (Å²) < 4.78 is 39.6. The number of hydrogen-bond acceptors (Lipinski definition) is 6. The zero-order chi connectivity index (χ0) is 32.5. The molecule has 0 aliphatic heterocycles. The minimum atomic E-state index is 0.552. The van der Waals surface area contributed by atoms with Crippen LogP contribution in [0.15, 0.2) is 36.4 Å². The topological polar surface area (TPSA) is 55.4 Å². The summed E-state index contributed by atoms with van der Waals surface area (Å²) in [6, 6.07) is 12.4. The molecule has 5 rings (SSSR count). The van der Waals surface area contributed by atoms with Gasteiger partial charge < -0.3 is 28.4 Å².